The summed E-state index contributed by atoms with van der Waals surface area (Å²) < 4.78 is 10.4. The van der Waals surface area contributed by atoms with Gasteiger partial charge in [-0.05, 0) is 42.2 Å². The summed E-state index contributed by atoms with van der Waals surface area (Å²) in [6.07, 6.45) is 0.784. The molecule has 0 unspecified atom stereocenters. The second kappa shape index (κ2) is 10.2. The van der Waals surface area contributed by atoms with Crippen LogP contribution in [0.4, 0.5) is 0 Å². The summed E-state index contributed by atoms with van der Waals surface area (Å²) >= 11 is 0. The Morgan fingerprint density at radius 3 is 2.35 bits per heavy atom. The van der Waals surface area contributed by atoms with Gasteiger partial charge < -0.3 is 14.8 Å². The zero-order chi connectivity index (χ0) is 18.8. The van der Waals surface area contributed by atoms with Gasteiger partial charge in [0.05, 0.1) is 6.61 Å². The first-order valence-corrected chi connectivity index (χ1v) is 8.75. The number of amides is 1. The summed E-state index contributed by atoms with van der Waals surface area (Å²) in [6, 6.07) is 16.7. The zero-order valence-electron chi connectivity index (χ0n) is 15.2. The molecule has 138 valence electrons. The third-order valence-electron chi connectivity index (χ3n) is 3.59. The first kappa shape index (κ1) is 19.5. The number of esters is 1. The molecule has 26 heavy (non-hydrogen) atoms. The molecular weight excluding hydrogens is 330 g/mol. The Labute approximate surface area is 154 Å². The van der Waals surface area contributed by atoms with Crippen LogP contribution >= 0.6 is 0 Å². The predicted molar refractivity (Wildman–Crippen MR) is 100 cm³/mol. The number of carbonyl (C=O) groups excluding carboxylic acids is 2. The molecule has 0 heterocycles. The van der Waals surface area contributed by atoms with Gasteiger partial charge in [0.25, 0.3) is 5.91 Å². The molecule has 0 radical (unpaired) electrons. The van der Waals surface area contributed by atoms with Crippen LogP contribution in [-0.4, -0.2) is 31.6 Å². The van der Waals surface area contributed by atoms with Crippen LogP contribution < -0.4 is 10.1 Å². The molecule has 1 amide bonds. The molecule has 0 bridgehead atoms. The van der Waals surface area contributed by atoms with Crippen molar-refractivity contribution in [2.45, 2.75) is 20.3 Å². The minimum Gasteiger partial charge on any atom is -0.482 e. The minimum atomic E-state index is -0.401. The lowest BCUT2D eigenvalue weighted by atomic mass is 10.1. The fourth-order valence-electron chi connectivity index (χ4n) is 2.21. The average molecular weight is 355 g/mol. The standard InChI is InChI=1S/C21H25NO4/c1-16(2)14-26-20(23)15-25-19-10-8-18(9-11-19)21(24)22-13-12-17-6-4-3-5-7-17/h3-11,16H,12-15H2,1-2H3,(H,22,24). The van der Waals surface area contributed by atoms with Gasteiger partial charge in [-0.15, -0.1) is 0 Å². The Morgan fingerprint density at radius 2 is 1.69 bits per heavy atom. The maximum atomic E-state index is 12.1. The summed E-state index contributed by atoms with van der Waals surface area (Å²) in [7, 11) is 0. The van der Waals surface area contributed by atoms with Gasteiger partial charge in [-0.1, -0.05) is 44.2 Å². The monoisotopic (exact) mass is 355 g/mol. The summed E-state index contributed by atoms with van der Waals surface area (Å²) in [5, 5.41) is 2.89. The van der Waals surface area contributed by atoms with E-state index in [0.717, 1.165) is 6.42 Å². The predicted octanol–water partition coefficient (Wildman–Crippen LogP) is 3.24. The maximum Gasteiger partial charge on any atom is 0.344 e. The van der Waals surface area contributed by atoms with Crippen molar-refractivity contribution in [1.29, 1.82) is 0 Å². The fraction of sp³-hybridized carbons (Fsp3) is 0.333. The largest absolute Gasteiger partial charge is 0.482 e. The molecule has 2 aromatic carbocycles. The molecule has 1 N–H and O–H groups in total. The van der Waals surface area contributed by atoms with E-state index in [1.54, 1.807) is 24.3 Å². The summed E-state index contributed by atoms with van der Waals surface area (Å²) in [5.41, 5.74) is 1.73. The average Bonchev–Trinajstić information content (AvgIpc) is 2.66. The van der Waals surface area contributed by atoms with E-state index in [1.165, 1.54) is 5.56 Å². The molecule has 0 aliphatic heterocycles. The van der Waals surface area contributed by atoms with Crippen molar-refractivity contribution in [3.63, 3.8) is 0 Å². The van der Waals surface area contributed by atoms with E-state index in [4.69, 9.17) is 9.47 Å². The van der Waals surface area contributed by atoms with Crippen molar-refractivity contribution in [2.75, 3.05) is 19.8 Å². The summed E-state index contributed by atoms with van der Waals surface area (Å²) in [6.45, 7) is 4.75. The van der Waals surface area contributed by atoms with Crippen LogP contribution in [0.1, 0.15) is 29.8 Å². The second-order valence-corrected chi connectivity index (χ2v) is 6.38. The van der Waals surface area contributed by atoms with Gasteiger partial charge in [-0.2, -0.15) is 0 Å². The number of carbonyl (C=O) groups is 2. The van der Waals surface area contributed by atoms with E-state index in [0.29, 0.717) is 30.4 Å². The van der Waals surface area contributed by atoms with Crippen LogP contribution in [0.25, 0.3) is 0 Å². The van der Waals surface area contributed by atoms with Crippen molar-refractivity contribution in [1.82, 2.24) is 5.32 Å². The fourth-order valence-corrected chi connectivity index (χ4v) is 2.21. The van der Waals surface area contributed by atoms with Gasteiger partial charge in [0.2, 0.25) is 0 Å². The summed E-state index contributed by atoms with van der Waals surface area (Å²) in [5.74, 6) is 0.274. The highest BCUT2D eigenvalue weighted by Crippen LogP contribution is 2.12. The van der Waals surface area contributed by atoms with Crippen molar-refractivity contribution < 1.29 is 19.1 Å². The smallest absolute Gasteiger partial charge is 0.344 e. The zero-order valence-corrected chi connectivity index (χ0v) is 15.2. The lowest BCUT2D eigenvalue weighted by Gasteiger charge is -2.09. The molecule has 2 rings (SSSR count). The molecule has 0 atom stereocenters. The number of rotatable bonds is 9. The number of hydrogen-bond donors (Lipinski definition) is 1. The van der Waals surface area contributed by atoms with Crippen molar-refractivity contribution >= 4 is 11.9 Å². The first-order chi connectivity index (χ1) is 12.5. The number of nitrogens with one attached hydrogen (secondary N) is 1. The number of ether oxygens (including phenoxy) is 2. The first-order valence-electron chi connectivity index (χ1n) is 8.75. The van der Waals surface area contributed by atoms with E-state index < -0.39 is 5.97 Å². The quantitative estimate of drug-likeness (QED) is 0.702. The van der Waals surface area contributed by atoms with E-state index >= 15 is 0 Å². The van der Waals surface area contributed by atoms with E-state index in [-0.39, 0.29) is 12.5 Å². The van der Waals surface area contributed by atoms with Gasteiger partial charge in [-0.25, -0.2) is 4.79 Å². The van der Waals surface area contributed by atoms with Crippen LogP contribution in [0.5, 0.6) is 5.75 Å². The van der Waals surface area contributed by atoms with Gasteiger partial charge in [0.1, 0.15) is 5.75 Å². The molecular formula is C21H25NO4. The normalized spacial score (nSPS) is 10.4. The molecule has 0 saturated carbocycles. The Hall–Kier alpha value is -2.82. The van der Waals surface area contributed by atoms with Gasteiger partial charge in [-0.3, -0.25) is 4.79 Å². The van der Waals surface area contributed by atoms with Crippen LogP contribution in [0.3, 0.4) is 0 Å². The van der Waals surface area contributed by atoms with Crippen LogP contribution in [-0.2, 0) is 16.0 Å². The lowest BCUT2D eigenvalue weighted by molar-refractivity contribution is -0.147. The van der Waals surface area contributed by atoms with Crippen molar-refractivity contribution in [3.05, 3.63) is 65.7 Å². The highest BCUT2D eigenvalue weighted by molar-refractivity contribution is 5.94. The topological polar surface area (TPSA) is 64.6 Å². The van der Waals surface area contributed by atoms with Crippen LogP contribution in [0, 0.1) is 5.92 Å². The van der Waals surface area contributed by atoms with Crippen LogP contribution in [0.2, 0.25) is 0 Å². The van der Waals surface area contributed by atoms with Gasteiger partial charge >= 0.3 is 5.97 Å². The Morgan fingerprint density at radius 1 is 1.00 bits per heavy atom. The second-order valence-electron chi connectivity index (χ2n) is 6.38. The van der Waals surface area contributed by atoms with Crippen molar-refractivity contribution in [3.8, 4) is 5.75 Å². The van der Waals surface area contributed by atoms with Gasteiger partial charge in [0.15, 0.2) is 6.61 Å². The Kier molecular flexibility index (Phi) is 7.68. The Balaban J connectivity index is 1.73. The van der Waals surface area contributed by atoms with E-state index in [9.17, 15) is 9.59 Å². The molecule has 5 heteroatoms. The molecule has 2 aromatic rings. The molecule has 5 nitrogen and oxygen atoms in total. The third kappa shape index (κ3) is 6.97. The molecule has 0 aromatic heterocycles. The van der Waals surface area contributed by atoms with Crippen LogP contribution in [0.15, 0.2) is 54.6 Å². The van der Waals surface area contributed by atoms with Crippen molar-refractivity contribution in [2.24, 2.45) is 5.92 Å². The molecule has 0 aliphatic rings. The molecule has 0 aliphatic carbocycles. The maximum absolute atomic E-state index is 12.1. The highest BCUT2D eigenvalue weighted by atomic mass is 16.6. The minimum absolute atomic E-state index is 0.135. The Bertz CT molecular complexity index is 696. The molecule has 0 spiro atoms. The lowest BCUT2D eigenvalue weighted by Crippen LogP contribution is -2.25. The molecule has 0 fully saturated rings. The number of benzene rings is 2. The van der Waals surface area contributed by atoms with E-state index in [1.807, 2.05) is 44.2 Å². The molecule has 0 saturated heterocycles. The highest BCUT2D eigenvalue weighted by Gasteiger charge is 2.08. The number of hydrogen-bond acceptors (Lipinski definition) is 4. The third-order valence-corrected chi connectivity index (χ3v) is 3.59. The van der Waals surface area contributed by atoms with Gasteiger partial charge in [0, 0.05) is 12.1 Å². The van der Waals surface area contributed by atoms with E-state index in [2.05, 4.69) is 5.32 Å². The summed E-state index contributed by atoms with van der Waals surface area (Å²) in [4.78, 5) is 23.7. The SMILES string of the molecule is CC(C)COC(=O)COc1ccc(C(=O)NCCc2ccccc2)cc1.